The van der Waals surface area contributed by atoms with Crippen LogP contribution in [-0.2, 0) is 17.8 Å². The van der Waals surface area contributed by atoms with Crippen LogP contribution in [0.15, 0.2) is 35.1 Å². The zero-order valence-corrected chi connectivity index (χ0v) is 19.9. The first-order chi connectivity index (χ1) is 15.4. The summed E-state index contributed by atoms with van der Waals surface area (Å²) >= 11 is 0. The van der Waals surface area contributed by atoms with Gasteiger partial charge in [0.1, 0.15) is 5.75 Å². The minimum atomic E-state index is -0.0290. The van der Waals surface area contributed by atoms with Gasteiger partial charge in [0.05, 0.1) is 6.61 Å². The summed E-state index contributed by atoms with van der Waals surface area (Å²) in [5.74, 6) is 7.14. The molecule has 1 aromatic carbocycles. The number of aromatic nitrogens is 1. The van der Waals surface area contributed by atoms with Crippen LogP contribution in [0.4, 0.5) is 0 Å². The fourth-order valence-corrected chi connectivity index (χ4v) is 4.19. The molecule has 3 rings (SSSR count). The summed E-state index contributed by atoms with van der Waals surface area (Å²) in [7, 11) is 0. The molecule has 2 aromatic rings. The number of ether oxygens (including phenoxy) is 1. The van der Waals surface area contributed by atoms with Crippen molar-refractivity contribution in [1.29, 1.82) is 0 Å². The third kappa shape index (κ3) is 6.60. The Hall–Kier alpha value is -2.80. The molecule has 0 N–H and O–H groups in total. The van der Waals surface area contributed by atoms with Gasteiger partial charge in [-0.2, -0.15) is 0 Å². The Morgan fingerprint density at radius 3 is 2.53 bits per heavy atom. The molecule has 1 unspecified atom stereocenters. The maximum Gasteiger partial charge on any atom is 0.205 e. The van der Waals surface area contributed by atoms with Gasteiger partial charge in [-0.1, -0.05) is 31.4 Å². The molecule has 1 aliphatic rings. The lowest BCUT2D eigenvalue weighted by molar-refractivity contribution is -0.114. The number of Topliss-reactive ketones (excluding diaryl/α,β-unsaturated/α-hetero) is 1. The van der Waals surface area contributed by atoms with Gasteiger partial charge in [-0.05, 0) is 75.5 Å². The van der Waals surface area contributed by atoms with Crippen LogP contribution in [0, 0.1) is 31.6 Å². The van der Waals surface area contributed by atoms with E-state index in [2.05, 4.69) is 41.5 Å². The van der Waals surface area contributed by atoms with Gasteiger partial charge in [0.25, 0.3) is 0 Å². The zero-order valence-electron chi connectivity index (χ0n) is 19.9. The molecule has 0 bridgehead atoms. The van der Waals surface area contributed by atoms with Gasteiger partial charge in [0.2, 0.25) is 5.78 Å². The summed E-state index contributed by atoms with van der Waals surface area (Å²) in [4.78, 5) is 24.0. The van der Waals surface area contributed by atoms with Gasteiger partial charge in [0.15, 0.2) is 5.43 Å². The van der Waals surface area contributed by atoms with Crippen LogP contribution in [0.5, 0.6) is 5.75 Å². The Balaban J connectivity index is 1.92. The largest absolute Gasteiger partial charge is 0.493 e. The molecule has 1 fully saturated rings. The number of carbonyl (C=O) groups excluding carboxylic acids is 1. The minimum absolute atomic E-state index is 0.0286. The summed E-state index contributed by atoms with van der Waals surface area (Å²) in [5.41, 5.74) is 4.32. The second-order valence-corrected chi connectivity index (χ2v) is 8.99. The van der Waals surface area contributed by atoms with Crippen molar-refractivity contribution >= 4 is 5.78 Å². The summed E-state index contributed by atoms with van der Waals surface area (Å²) in [6.07, 6.45) is 5.70. The molecule has 1 heterocycles. The highest BCUT2D eigenvalue weighted by Crippen LogP contribution is 2.33. The van der Waals surface area contributed by atoms with Gasteiger partial charge in [-0.3, -0.25) is 9.59 Å². The van der Waals surface area contributed by atoms with E-state index in [-0.39, 0.29) is 17.1 Å². The number of pyridine rings is 1. The maximum atomic E-state index is 12.2. The lowest BCUT2D eigenvalue weighted by Gasteiger charge is -2.23. The normalized spacial score (nSPS) is 13.9. The molecule has 1 aromatic heterocycles. The topological polar surface area (TPSA) is 48.3 Å². The second kappa shape index (κ2) is 11.2. The van der Waals surface area contributed by atoms with Crippen molar-refractivity contribution in [3.8, 4) is 17.6 Å². The van der Waals surface area contributed by atoms with Gasteiger partial charge >= 0.3 is 0 Å². The number of nitrogens with zero attached hydrogens (tertiary/aromatic N) is 1. The van der Waals surface area contributed by atoms with Crippen molar-refractivity contribution in [3.63, 3.8) is 0 Å². The predicted octanol–water partition coefficient (Wildman–Crippen LogP) is 5.36. The fraction of sp³-hybridized carbons (Fsp3) is 0.500. The Morgan fingerprint density at radius 1 is 1.19 bits per heavy atom. The van der Waals surface area contributed by atoms with Gasteiger partial charge in [-0.25, -0.2) is 0 Å². The summed E-state index contributed by atoms with van der Waals surface area (Å²) in [6.45, 7) is 9.30. The van der Waals surface area contributed by atoms with E-state index in [1.807, 2.05) is 13.8 Å². The van der Waals surface area contributed by atoms with Crippen LogP contribution in [-0.4, -0.2) is 17.0 Å². The zero-order chi connectivity index (χ0) is 23.1. The number of rotatable bonds is 11. The van der Waals surface area contributed by atoms with Gasteiger partial charge in [-0.15, -0.1) is 0 Å². The highest BCUT2D eigenvalue weighted by Gasteiger charge is 2.23. The molecule has 4 nitrogen and oxygen atoms in total. The predicted molar refractivity (Wildman–Crippen MR) is 129 cm³/mol. The third-order valence-electron chi connectivity index (χ3n) is 6.19. The molecule has 170 valence electrons. The van der Waals surface area contributed by atoms with Crippen molar-refractivity contribution in [1.82, 2.24) is 4.57 Å². The maximum absolute atomic E-state index is 12.2. The molecule has 1 saturated carbocycles. The van der Waals surface area contributed by atoms with Gasteiger partial charge < -0.3 is 9.30 Å². The van der Waals surface area contributed by atoms with Crippen LogP contribution < -0.4 is 10.2 Å². The first-order valence-corrected chi connectivity index (χ1v) is 11.8. The van der Waals surface area contributed by atoms with Crippen molar-refractivity contribution < 1.29 is 9.53 Å². The molecule has 0 saturated heterocycles. The van der Waals surface area contributed by atoms with Gasteiger partial charge in [0, 0.05) is 42.4 Å². The number of hydrogen-bond acceptors (Lipinski definition) is 3. The monoisotopic (exact) mass is 433 g/mol. The summed E-state index contributed by atoms with van der Waals surface area (Å²) in [6, 6.07) is 9.90. The number of aryl methyl sites for hydroxylation is 3. The molecule has 0 radical (unpaired) electrons. The smallest absolute Gasteiger partial charge is 0.205 e. The van der Waals surface area contributed by atoms with Crippen molar-refractivity contribution in [2.75, 3.05) is 6.61 Å². The quantitative estimate of drug-likeness (QED) is 0.354. The SMILES string of the molecule is CC#CC(=O)CCC(Cn1c(C)cc(=O)cc1C)c1ccc(CCC)c(OCC2CC2)c1. The summed E-state index contributed by atoms with van der Waals surface area (Å²) < 4.78 is 8.42. The van der Waals surface area contributed by atoms with Crippen LogP contribution in [0.25, 0.3) is 0 Å². The van der Waals surface area contributed by atoms with E-state index in [0.717, 1.165) is 36.6 Å². The molecule has 32 heavy (non-hydrogen) atoms. The van der Waals surface area contributed by atoms with E-state index in [9.17, 15) is 9.59 Å². The van der Waals surface area contributed by atoms with Crippen LogP contribution in [0.3, 0.4) is 0 Å². The van der Waals surface area contributed by atoms with E-state index in [1.165, 1.54) is 24.0 Å². The first-order valence-electron chi connectivity index (χ1n) is 11.8. The number of benzene rings is 1. The highest BCUT2D eigenvalue weighted by molar-refractivity contribution is 5.95. The Labute approximate surface area is 192 Å². The molecular weight excluding hydrogens is 398 g/mol. The molecule has 0 aliphatic heterocycles. The third-order valence-corrected chi connectivity index (χ3v) is 6.19. The Bertz CT molecular complexity index is 1040. The summed E-state index contributed by atoms with van der Waals surface area (Å²) in [5, 5.41) is 0. The van der Waals surface area contributed by atoms with Crippen LogP contribution in [0.2, 0.25) is 0 Å². The standard InChI is InChI=1S/C28H35NO3/c1-5-7-23-11-12-24(17-28(23)32-19-22-9-10-22)25(13-14-26(30)8-6-2)18-29-20(3)15-27(31)16-21(29)4/h11-12,15-17,22,25H,5,7,9-10,13-14,18-19H2,1-4H3. The lowest BCUT2D eigenvalue weighted by atomic mass is 9.91. The second-order valence-electron chi connectivity index (χ2n) is 8.99. The van der Waals surface area contributed by atoms with E-state index >= 15 is 0 Å². The Morgan fingerprint density at radius 2 is 1.91 bits per heavy atom. The average molecular weight is 434 g/mol. The van der Waals surface area contributed by atoms with Crippen molar-refractivity contribution in [2.24, 2.45) is 5.92 Å². The lowest BCUT2D eigenvalue weighted by Crippen LogP contribution is -2.18. The molecule has 1 aliphatic carbocycles. The Kier molecular flexibility index (Phi) is 8.33. The molecular formula is C28H35NO3. The number of hydrogen-bond donors (Lipinski definition) is 0. The number of carbonyl (C=O) groups is 1. The van der Waals surface area contributed by atoms with Crippen LogP contribution >= 0.6 is 0 Å². The molecule has 0 spiro atoms. The van der Waals surface area contributed by atoms with Crippen molar-refractivity contribution in [2.45, 2.75) is 78.7 Å². The van der Waals surface area contributed by atoms with E-state index in [0.29, 0.717) is 25.3 Å². The van der Waals surface area contributed by atoms with Crippen molar-refractivity contribution in [3.05, 3.63) is 63.1 Å². The molecule has 4 heteroatoms. The minimum Gasteiger partial charge on any atom is -0.493 e. The number of ketones is 1. The average Bonchev–Trinajstić information content (AvgIpc) is 3.57. The van der Waals surface area contributed by atoms with E-state index < -0.39 is 0 Å². The van der Waals surface area contributed by atoms with E-state index in [1.54, 1.807) is 19.1 Å². The highest BCUT2D eigenvalue weighted by atomic mass is 16.5. The fourth-order valence-electron chi connectivity index (χ4n) is 4.19. The molecule has 1 atom stereocenters. The first kappa shape index (κ1) is 23.9. The molecule has 0 amide bonds. The van der Waals surface area contributed by atoms with E-state index in [4.69, 9.17) is 4.74 Å². The van der Waals surface area contributed by atoms with Crippen LogP contribution in [0.1, 0.15) is 74.4 Å².